The predicted molar refractivity (Wildman–Crippen MR) is 65.8 cm³/mol. The van der Waals surface area contributed by atoms with Crippen molar-refractivity contribution in [3.8, 4) is 0 Å². The molecule has 0 atom stereocenters. The molecule has 2 N–H and O–H groups in total. The van der Waals surface area contributed by atoms with Crippen LogP contribution < -0.4 is 10.6 Å². The quantitative estimate of drug-likeness (QED) is 0.676. The van der Waals surface area contributed by atoms with Crippen molar-refractivity contribution in [2.45, 2.75) is 6.42 Å². The summed E-state index contributed by atoms with van der Waals surface area (Å²) in [4.78, 5) is 22.9. The summed E-state index contributed by atoms with van der Waals surface area (Å²) in [6.07, 6.45) is -0.136. The number of rotatable bonds is 0. The second-order valence-electron chi connectivity index (χ2n) is 3.98. The smallest absolute Gasteiger partial charge is 0.233 e. The Labute approximate surface area is 97.6 Å². The Balaban J connectivity index is 2.28. The normalized spacial score (nSPS) is 14.8. The fourth-order valence-corrected chi connectivity index (χ4v) is 2.03. The second kappa shape index (κ2) is 3.59. The number of carbonyl (C=O) groups is 2. The first-order chi connectivity index (χ1) is 8.24. The molecule has 0 aliphatic carbocycles. The molecule has 1 aliphatic heterocycles. The molecule has 2 aromatic rings. The van der Waals surface area contributed by atoms with Gasteiger partial charge in [-0.15, -0.1) is 0 Å². The van der Waals surface area contributed by atoms with E-state index >= 15 is 0 Å². The zero-order valence-corrected chi connectivity index (χ0v) is 8.99. The van der Waals surface area contributed by atoms with Crippen LogP contribution in [0.2, 0.25) is 0 Å². The Kier molecular flexibility index (Phi) is 2.08. The van der Waals surface area contributed by atoms with Gasteiger partial charge in [-0.05, 0) is 11.5 Å². The third kappa shape index (κ3) is 1.63. The number of benzene rings is 2. The van der Waals surface area contributed by atoms with E-state index in [0.29, 0.717) is 11.4 Å². The summed E-state index contributed by atoms with van der Waals surface area (Å²) in [6, 6.07) is 11.5. The van der Waals surface area contributed by atoms with Crippen LogP contribution in [0.15, 0.2) is 36.4 Å². The van der Waals surface area contributed by atoms with E-state index in [9.17, 15) is 9.59 Å². The lowest BCUT2D eigenvalue weighted by molar-refractivity contribution is -0.123. The maximum absolute atomic E-state index is 11.5. The number of fused-ring (bicyclic) bond motifs is 3. The van der Waals surface area contributed by atoms with Gasteiger partial charge in [0.1, 0.15) is 6.42 Å². The van der Waals surface area contributed by atoms with E-state index in [0.717, 1.165) is 10.8 Å². The molecule has 0 spiro atoms. The maximum Gasteiger partial charge on any atom is 0.233 e. The molecule has 2 aromatic carbocycles. The minimum absolute atomic E-state index is 0.136. The number of carbonyl (C=O) groups excluding carboxylic acids is 2. The molecule has 1 heterocycles. The fraction of sp³-hybridized carbons (Fsp3) is 0.0769. The van der Waals surface area contributed by atoms with Gasteiger partial charge < -0.3 is 10.6 Å². The highest BCUT2D eigenvalue weighted by Gasteiger charge is 2.19. The molecule has 0 bridgehead atoms. The maximum atomic E-state index is 11.5. The van der Waals surface area contributed by atoms with E-state index in [4.69, 9.17) is 0 Å². The third-order valence-corrected chi connectivity index (χ3v) is 2.79. The Morgan fingerprint density at radius 1 is 0.882 bits per heavy atom. The van der Waals surface area contributed by atoms with Gasteiger partial charge in [0.05, 0.1) is 11.4 Å². The molecule has 0 unspecified atom stereocenters. The molecule has 0 fully saturated rings. The summed E-state index contributed by atoms with van der Waals surface area (Å²) >= 11 is 0. The average Bonchev–Trinajstić information content (AvgIpc) is 2.46. The van der Waals surface area contributed by atoms with Gasteiger partial charge in [-0.3, -0.25) is 9.59 Å². The standard InChI is InChI=1S/C13H10N2O2/c16-11-7-12(17)15-13-9-4-2-1-3-8(9)5-6-10(13)14-11/h1-6H,7H2,(H,14,16)(H,15,17). The zero-order chi connectivity index (χ0) is 11.8. The van der Waals surface area contributed by atoms with Crippen molar-refractivity contribution in [3.63, 3.8) is 0 Å². The lowest BCUT2D eigenvalue weighted by atomic mass is 10.1. The molecular weight excluding hydrogens is 216 g/mol. The Hall–Kier alpha value is -2.36. The highest BCUT2D eigenvalue weighted by Crippen LogP contribution is 2.32. The van der Waals surface area contributed by atoms with E-state index in [1.807, 2.05) is 30.3 Å². The monoisotopic (exact) mass is 226 g/mol. The SMILES string of the molecule is O=C1CC(=O)Nc2c(ccc3ccccc23)N1. The number of anilines is 2. The molecule has 1 aliphatic rings. The van der Waals surface area contributed by atoms with Crippen molar-refractivity contribution in [2.75, 3.05) is 10.6 Å². The number of amides is 2. The molecule has 0 radical (unpaired) electrons. The molecule has 4 heteroatoms. The molecule has 3 rings (SSSR count). The minimum Gasteiger partial charge on any atom is -0.324 e. The molecule has 0 saturated heterocycles. The van der Waals surface area contributed by atoms with Crippen LogP contribution in [0.3, 0.4) is 0 Å². The van der Waals surface area contributed by atoms with Crippen LogP contribution >= 0.6 is 0 Å². The van der Waals surface area contributed by atoms with Crippen LogP contribution in [0.25, 0.3) is 10.8 Å². The second-order valence-corrected chi connectivity index (χ2v) is 3.98. The van der Waals surface area contributed by atoms with Gasteiger partial charge in [-0.1, -0.05) is 30.3 Å². The number of hydrogen-bond acceptors (Lipinski definition) is 2. The Morgan fingerprint density at radius 2 is 1.65 bits per heavy atom. The van der Waals surface area contributed by atoms with E-state index in [2.05, 4.69) is 10.6 Å². The van der Waals surface area contributed by atoms with Gasteiger partial charge in [0.2, 0.25) is 11.8 Å². The van der Waals surface area contributed by atoms with Crippen molar-refractivity contribution in [3.05, 3.63) is 36.4 Å². The molecule has 4 nitrogen and oxygen atoms in total. The van der Waals surface area contributed by atoms with Crippen LogP contribution in [0, 0.1) is 0 Å². The first kappa shape index (κ1) is 9.84. The molecule has 17 heavy (non-hydrogen) atoms. The predicted octanol–water partition coefficient (Wildman–Crippen LogP) is 2.12. The van der Waals surface area contributed by atoms with Gasteiger partial charge in [0.15, 0.2) is 0 Å². The summed E-state index contributed by atoms with van der Waals surface area (Å²) < 4.78 is 0. The van der Waals surface area contributed by atoms with Gasteiger partial charge in [-0.2, -0.15) is 0 Å². The molecule has 0 aromatic heterocycles. The van der Waals surface area contributed by atoms with Gasteiger partial charge in [0, 0.05) is 5.39 Å². The van der Waals surface area contributed by atoms with E-state index in [1.165, 1.54) is 0 Å². The topological polar surface area (TPSA) is 58.2 Å². The largest absolute Gasteiger partial charge is 0.324 e. The van der Waals surface area contributed by atoms with Gasteiger partial charge >= 0.3 is 0 Å². The van der Waals surface area contributed by atoms with Crippen molar-refractivity contribution < 1.29 is 9.59 Å². The average molecular weight is 226 g/mol. The van der Waals surface area contributed by atoms with Crippen molar-refractivity contribution >= 4 is 34.0 Å². The van der Waals surface area contributed by atoms with Crippen molar-refractivity contribution in [2.24, 2.45) is 0 Å². The first-order valence-electron chi connectivity index (χ1n) is 5.35. The number of nitrogens with one attached hydrogen (secondary N) is 2. The fourth-order valence-electron chi connectivity index (χ4n) is 2.03. The van der Waals surface area contributed by atoms with Gasteiger partial charge in [-0.25, -0.2) is 0 Å². The summed E-state index contributed by atoms with van der Waals surface area (Å²) in [6.45, 7) is 0. The van der Waals surface area contributed by atoms with Crippen LogP contribution in [-0.2, 0) is 9.59 Å². The van der Waals surface area contributed by atoms with Crippen LogP contribution in [0.5, 0.6) is 0 Å². The minimum atomic E-state index is -0.281. The summed E-state index contributed by atoms with van der Waals surface area (Å²) in [5.74, 6) is -0.561. The molecular formula is C13H10N2O2. The molecule has 84 valence electrons. The highest BCUT2D eigenvalue weighted by atomic mass is 16.2. The van der Waals surface area contributed by atoms with E-state index in [1.54, 1.807) is 6.07 Å². The Bertz CT molecular complexity index is 634. The van der Waals surface area contributed by atoms with E-state index < -0.39 is 0 Å². The van der Waals surface area contributed by atoms with Crippen molar-refractivity contribution in [1.82, 2.24) is 0 Å². The third-order valence-electron chi connectivity index (χ3n) is 2.79. The lowest BCUT2D eigenvalue weighted by Crippen LogP contribution is -2.16. The molecule has 2 amide bonds. The summed E-state index contributed by atoms with van der Waals surface area (Å²) in [7, 11) is 0. The van der Waals surface area contributed by atoms with Crippen LogP contribution in [0.1, 0.15) is 6.42 Å². The van der Waals surface area contributed by atoms with E-state index in [-0.39, 0.29) is 18.2 Å². The highest BCUT2D eigenvalue weighted by molar-refractivity contribution is 6.17. The van der Waals surface area contributed by atoms with Crippen molar-refractivity contribution in [1.29, 1.82) is 0 Å². The number of hydrogen-bond donors (Lipinski definition) is 2. The zero-order valence-electron chi connectivity index (χ0n) is 8.99. The summed E-state index contributed by atoms with van der Waals surface area (Å²) in [5.41, 5.74) is 1.33. The Morgan fingerprint density at radius 3 is 2.53 bits per heavy atom. The lowest BCUT2D eigenvalue weighted by Gasteiger charge is -2.10. The molecule has 0 saturated carbocycles. The van der Waals surface area contributed by atoms with Crippen LogP contribution in [0.4, 0.5) is 11.4 Å². The summed E-state index contributed by atoms with van der Waals surface area (Å²) in [5, 5.41) is 7.46. The van der Waals surface area contributed by atoms with Gasteiger partial charge in [0.25, 0.3) is 0 Å². The van der Waals surface area contributed by atoms with Crippen LogP contribution in [-0.4, -0.2) is 11.8 Å². The first-order valence-corrected chi connectivity index (χ1v) is 5.35.